The first kappa shape index (κ1) is 17.3. The molecule has 1 N–H and O–H groups in total. The predicted octanol–water partition coefficient (Wildman–Crippen LogP) is 4.57. The second-order valence-electron chi connectivity index (χ2n) is 6.25. The number of hydrogen-bond donors (Lipinski definition) is 1. The van der Waals surface area contributed by atoms with E-state index in [4.69, 9.17) is 11.6 Å². The van der Waals surface area contributed by atoms with Gasteiger partial charge in [0.25, 0.3) is 0 Å². The highest BCUT2D eigenvalue weighted by atomic mass is 35.5. The number of halogens is 1. The fourth-order valence-electron chi connectivity index (χ4n) is 2.30. The summed E-state index contributed by atoms with van der Waals surface area (Å²) in [4.78, 5) is 2.44. The molecule has 0 aliphatic heterocycles. The maximum absolute atomic E-state index is 6.42. The quantitative estimate of drug-likeness (QED) is 0.756. The molecule has 0 radical (unpaired) electrons. The van der Waals surface area contributed by atoms with Gasteiger partial charge in [0.2, 0.25) is 0 Å². The van der Waals surface area contributed by atoms with E-state index < -0.39 is 0 Å². The molecule has 0 bridgehead atoms. The Kier molecular flexibility index (Phi) is 7.39. The molecule has 0 aromatic heterocycles. The van der Waals surface area contributed by atoms with Crippen molar-refractivity contribution < 1.29 is 0 Å². The molecule has 1 rings (SSSR count). The molecule has 0 heterocycles. The molecule has 0 spiro atoms. The smallest absolute Gasteiger partial charge is 0.0471 e. The van der Waals surface area contributed by atoms with Crippen LogP contribution in [0.15, 0.2) is 18.2 Å². The van der Waals surface area contributed by atoms with Gasteiger partial charge in [0.1, 0.15) is 0 Å². The lowest BCUT2D eigenvalue weighted by atomic mass is 10.1. The summed E-state index contributed by atoms with van der Waals surface area (Å²) in [7, 11) is 0. The number of hydrogen-bond acceptors (Lipinski definition) is 2. The van der Waals surface area contributed by atoms with Crippen LogP contribution in [0.3, 0.4) is 0 Å². The number of nitrogens with one attached hydrogen (secondary N) is 1. The Morgan fingerprint density at radius 3 is 2.15 bits per heavy atom. The van der Waals surface area contributed by atoms with Crippen LogP contribution in [0.5, 0.6) is 0 Å². The Labute approximate surface area is 129 Å². The van der Waals surface area contributed by atoms with Crippen molar-refractivity contribution in [3.63, 3.8) is 0 Å². The van der Waals surface area contributed by atoms with Gasteiger partial charge >= 0.3 is 0 Å². The SMILES string of the molecule is CCNCc1ccc(N(CC(C)C)CC(C)C)cc1Cl. The van der Waals surface area contributed by atoms with Gasteiger partial charge in [0.15, 0.2) is 0 Å². The van der Waals surface area contributed by atoms with Gasteiger partial charge in [-0.15, -0.1) is 0 Å². The van der Waals surface area contributed by atoms with Crippen LogP contribution in [0.25, 0.3) is 0 Å². The highest BCUT2D eigenvalue weighted by molar-refractivity contribution is 6.31. The van der Waals surface area contributed by atoms with Crippen molar-refractivity contribution in [3.05, 3.63) is 28.8 Å². The third-order valence-electron chi connectivity index (χ3n) is 3.14. The second kappa shape index (κ2) is 8.53. The minimum atomic E-state index is 0.647. The van der Waals surface area contributed by atoms with Gasteiger partial charge in [-0.3, -0.25) is 0 Å². The summed E-state index contributed by atoms with van der Waals surface area (Å²) < 4.78 is 0. The zero-order valence-electron chi connectivity index (χ0n) is 13.5. The third kappa shape index (κ3) is 5.72. The molecule has 0 atom stereocenters. The molecule has 0 aliphatic carbocycles. The van der Waals surface area contributed by atoms with Crippen molar-refractivity contribution in [1.82, 2.24) is 5.32 Å². The first-order chi connectivity index (χ1) is 9.43. The average Bonchev–Trinajstić information content (AvgIpc) is 2.35. The van der Waals surface area contributed by atoms with Crippen molar-refractivity contribution in [2.75, 3.05) is 24.5 Å². The van der Waals surface area contributed by atoms with Crippen LogP contribution >= 0.6 is 11.6 Å². The van der Waals surface area contributed by atoms with Crippen LogP contribution in [-0.4, -0.2) is 19.6 Å². The van der Waals surface area contributed by atoms with E-state index in [2.05, 4.69) is 63.0 Å². The van der Waals surface area contributed by atoms with E-state index in [-0.39, 0.29) is 0 Å². The van der Waals surface area contributed by atoms with E-state index in [0.29, 0.717) is 11.8 Å². The standard InChI is InChI=1S/C17H29ClN2/c1-6-19-10-15-7-8-16(9-17(15)18)20(11-13(2)3)12-14(4)5/h7-9,13-14,19H,6,10-12H2,1-5H3. The van der Waals surface area contributed by atoms with Crippen LogP contribution < -0.4 is 10.2 Å². The molecule has 1 aromatic carbocycles. The lowest BCUT2D eigenvalue weighted by Crippen LogP contribution is -2.31. The van der Waals surface area contributed by atoms with Gasteiger partial charge in [-0.25, -0.2) is 0 Å². The molecule has 0 unspecified atom stereocenters. The fraction of sp³-hybridized carbons (Fsp3) is 0.647. The van der Waals surface area contributed by atoms with E-state index in [0.717, 1.165) is 31.2 Å². The Morgan fingerprint density at radius 2 is 1.70 bits per heavy atom. The lowest BCUT2D eigenvalue weighted by molar-refractivity contribution is 0.552. The average molecular weight is 297 g/mol. The highest BCUT2D eigenvalue weighted by Gasteiger charge is 2.12. The molecule has 0 saturated carbocycles. The molecule has 20 heavy (non-hydrogen) atoms. The van der Waals surface area contributed by atoms with Gasteiger partial charge in [0, 0.05) is 30.3 Å². The molecular formula is C17H29ClN2. The van der Waals surface area contributed by atoms with E-state index >= 15 is 0 Å². The van der Waals surface area contributed by atoms with Crippen molar-refractivity contribution in [3.8, 4) is 0 Å². The van der Waals surface area contributed by atoms with Crippen molar-refractivity contribution in [2.24, 2.45) is 11.8 Å². The van der Waals surface area contributed by atoms with Crippen molar-refractivity contribution in [2.45, 2.75) is 41.2 Å². The summed E-state index contributed by atoms with van der Waals surface area (Å²) in [5.74, 6) is 1.29. The third-order valence-corrected chi connectivity index (χ3v) is 3.49. The Bertz CT molecular complexity index is 392. The van der Waals surface area contributed by atoms with E-state index in [9.17, 15) is 0 Å². The largest absolute Gasteiger partial charge is 0.371 e. The number of nitrogens with zero attached hydrogens (tertiary/aromatic N) is 1. The van der Waals surface area contributed by atoms with Gasteiger partial charge in [-0.2, -0.15) is 0 Å². The first-order valence-electron chi connectivity index (χ1n) is 7.68. The fourth-order valence-corrected chi connectivity index (χ4v) is 2.54. The molecule has 0 saturated heterocycles. The molecule has 2 nitrogen and oxygen atoms in total. The summed E-state index contributed by atoms with van der Waals surface area (Å²) in [5.41, 5.74) is 2.41. The maximum Gasteiger partial charge on any atom is 0.0471 e. The topological polar surface area (TPSA) is 15.3 Å². The summed E-state index contributed by atoms with van der Waals surface area (Å²) in [6.07, 6.45) is 0. The zero-order valence-corrected chi connectivity index (χ0v) is 14.3. The zero-order chi connectivity index (χ0) is 15.1. The van der Waals surface area contributed by atoms with Gasteiger partial charge < -0.3 is 10.2 Å². The molecule has 114 valence electrons. The number of benzene rings is 1. The predicted molar refractivity (Wildman–Crippen MR) is 90.7 cm³/mol. The molecule has 0 aliphatic rings. The molecule has 0 amide bonds. The normalized spacial score (nSPS) is 11.4. The van der Waals surface area contributed by atoms with Crippen molar-refractivity contribution in [1.29, 1.82) is 0 Å². The second-order valence-corrected chi connectivity index (χ2v) is 6.66. The van der Waals surface area contributed by atoms with Crippen LogP contribution in [0.2, 0.25) is 5.02 Å². The number of rotatable bonds is 8. The molecule has 0 fully saturated rings. The highest BCUT2D eigenvalue weighted by Crippen LogP contribution is 2.25. The van der Waals surface area contributed by atoms with Gasteiger partial charge in [-0.05, 0) is 36.1 Å². The lowest BCUT2D eigenvalue weighted by Gasteiger charge is -2.29. The monoisotopic (exact) mass is 296 g/mol. The van der Waals surface area contributed by atoms with E-state index in [1.807, 2.05) is 0 Å². The first-order valence-corrected chi connectivity index (χ1v) is 8.05. The summed E-state index contributed by atoms with van der Waals surface area (Å²) in [6, 6.07) is 6.45. The molecular weight excluding hydrogens is 268 g/mol. The Balaban J connectivity index is 2.87. The van der Waals surface area contributed by atoms with Crippen LogP contribution in [0, 0.1) is 11.8 Å². The van der Waals surface area contributed by atoms with E-state index in [1.165, 1.54) is 11.3 Å². The van der Waals surface area contributed by atoms with Crippen LogP contribution in [-0.2, 0) is 6.54 Å². The summed E-state index contributed by atoms with van der Waals surface area (Å²) in [5, 5.41) is 4.18. The van der Waals surface area contributed by atoms with Gasteiger partial charge in [0.05, 0.1) is 0 Å². The Morgan fingerprint density at radius 1 is 1.10 bits per heavy atom. The van der Waals surface area contributed by atoms with Gasteiger partial charge in [-0.1, -0.05) is 52.3 Å². The maximum atomic E-state index is 6.42. The van der Waals surface area contributed by atoms with Crippen LogP contribution in [0.1, 0.15) is 40.2 Å². The van der Waals surface area contributed by atoms with Crippen LogP contribution in [0.4, 0.5) is 5.69 Å². The minimum absolute atomic E-state index is 0.647. The Hall–Kier alpha value is -0.730. The molecule has 1 aromatic rings. The summed E-state index contributed by atoms with van der Waals surface area (Å²) in [6.45, 7) is 15.1. The minimum Gasteiger partial charge on any atom is -0.371 e. The molecule has 3 heteroatoms. The number of anilines is 1. The summed E-state index contributed by atoms with van der Waals surface area (Å²) >= 11 is 6.42. The van der Waals surface area contributed by atoms with Crippen molar-refractivity contribution >= 4 is 17.3 Å². The van der Waals surface area contributed by atoms with E-state index in [1.54, 1.807) is 0 Å².